The Bertz CT molecular complexity index is 1050. The summed E-state index contributed by atoms with van der Waals surface area (Å²) in [5.41, 5.74) is 1.61. The van der Waals surface area contributed by atoms with Crippen molar-refractivity contribution in [1.82, 2.24) is 10.3 Å². The number of benzene rings is 2. The van der Waals surface area contributed by atoms with Gasteiger partial charge in [-0.2, -0.15) is 13.2 Å². The molecule has 3 nitrogen and oxygen atoms in total. The predicted octanol–water partition coefficient (Wildman–Crippen LogP) is 6.26. The van der Waals surface area contributed by atoms with E-state index in [4.69, 9.17) is 16.3 Å². The van der Waals surface area contributed by atoms with Crippen LogP contribution in [0, 0.1) is 0 Å². The summed E-state index contributed by atoms with van der Waals surface area (Å²) in [6, 6.07) is 17.4. The molecule has 0 amide bonds. The van der Waals surface area contributed by atoms with Gasteiger partial charge in [-0.3, -0.25) is 0 Å². The second kappa shape index (κ2) is 9.61. The number of pyridine rings is 1. The van der Waals surface area contributed by atoms with E-state index in [0.717, 1.165) is 38.1 Å². The van der Waals surface area contributed by atoms with E-state index in [1.807, 2.05) is 18.2 Å². The van der Waals surface area contributed by atoms with E-state index < -0.39 is 11.7 Å². The van der Waals surface area contributed by atoms with Gasteiger partial charge in [0, 0.05) is 17.2 Å². The van der Waals surface area contributed by atoms with Crippen molar-refractivity contribution in [3.8, 4) is 11.1 Å². The zero-order valence-electron chi connectivity index (χ0n) is 17.5. The minimum absolute atomic E-state index is 0.0802. The van der Waals surface area contributed by atoms with Crippen LogP contribution >= 0.6 is 11.6 Å². The van der Waals surface area contributed by atoms with Crippen molar-refractivity contribution in [3.05, 3.63) is 88.7 Å². The molecule has 0 bridgehead atoms. The molecule has 2 aromatic carbocycles. The topological polar surface area (TPSA) is 34.1 Å². The van der Waals surface area contributed by atoms with Crippen molar-refractivity contribution in [2.24, 2.45) is 0 Å². The van der Waals surface area contributed by atoms with Gasteiger partial charge in [-0.15, -0.1) is 0 Å². The standard InChI is InChI=1S/C25H24ClF3N2O/c26-23-22(7-4-10-31-23)19-13-18(14-21(15-19)25(27,28)29)16-32-17-24(8-11-30-12-9-24)20-5-2-1-3-6-20/h1-7,10,13-15,30H,8-9,11-12,16-17H2. The van der Waals surface area contributed by atoms with Crippen molar-refractivity contribution in [2.75, 3.05) is 19.7 Å². The molecule has 3 aromatic rings. The third-order valence-corrected chi connectivity index (χ3v) is 6.29. The maximum atomic E-state index is 13.6. The predicted molar refractivity (Wildman–Crippen MR) is 120 cm³/mol. The largest absolute Gasteiger partial charge is 0.416 e. The van der Waals surface area contributed by atoms with Crippen LogP contribution in [-0.2, 0) is 22.9 Å². The Kier molecular flexibility index (Phi) is 6.84. The van der Waals surface area contributed by atoms with E-state index in [2.05, 4.69) is 22.4 Å². The fraction of sp³-hybridized carbons (Fsp3) is 0.320. The number of hydrogen-bond acceptors (Lipinski definition) is 3. The first-order chi connectivity index (χ1) is 15.4. The molecule has 1 aromatic heterocycles. The number of nitrogens with one attached hydrogen (secondary N) is 1. The molecule has 0 radical (unpaired) electrons. The number of hydrogen-bond donors (Lipinski definition) is 1. The van der Waals surface area contributed by atoms with E-state index in [1.54, 1.807) is 18.2 Å². The van der Waals surface area contributed by atoms with Gasteiger partial charge in [-0.05, 0) is 73.0 Å². The highest BCUT2D eigenvalue weighted by Crippen LogP contribution is 2.36. The van der Waals surface area contributed by atoms with E-state index in [1.165, 1.54) is 11.8 Å². The molecule has 0 spiro atoms. The van der Waals surface area contributed by atoms with Crippen molar-refractivity contribution in [1.29, 1.82) is 0 Å². The van der Waals surface area contributed by atoms with Crippen molar-refractivity contribution in [3.63, 3.8) is 0 Å². The van der Waals surface area contributed by atoms with Crippen LogP contribution in [0.15, 0.2) is 66.9 Å². The maximum Gasteiger partial charge on any atom is 0.416 e. The lowest BCUT2D eigenvalue weighted by Gasteiger charge is -2.38. The summed E-state index contributed by atoms with van der Waals surface area (Å²) in [4.78, 5) is 3.99. The molecule has 1 aliphatic heterocycles. The van der Waals surface area contributed by atoms with Crippen LogP contribution in [0.5, 0.6) is 0 Å². The van der Waals surface area contributed by atoms with Gasteiger partial charge in [0.2, 0.25) is 0 Å². The molecule has 7 heteroatoms. The second-order valence-corrected chi connectivity index (χ2v) is 8.51. The zero-order chi connectivity index (χ0) is 22.6. The van der Waals surface area contributed by atoms with Gasteiger partial charge in [-0.1, -0.05) is 41.9 Å². The fourth-order valence-corrected chi connectivity index (χ4v) is 4.50. The molecule has 4 rings (SSSR count). The third kappa shape index (κ3) is 5.14. The molecule has 168 valence electrons. The Morgan fingerprint density at radius 2 is 1.75 bits per heavy atom. The molecule has 1 fully saturated rings. The normalized spacial score (nSPS) is 16.1. The molecule has 0 atom stereocenters. The van der Waals surface area contributed by atoms with Crippen LogP contribution in [0.25, 0.3) is 11.1 Å². The summed E-state index contributed by atoms with van der Waals surface area (Å²) in [5.74, 6) is 0. The molecule has 1 N–H and O–H groups in total. The smallest absolute Gasteiger partial charge is 0.376 e. The lowest BCUT2D eigenvalue weighted by Crippen LogP contribution is -2.43. The Morgan fingerprint density at radius 1 is 1.00 bits per heavy atom. The van der Waals surface area contributed by atoms with Crippen LogP contribution in [-0.4, -0.2) is 24.7 Å². The number of alkyl halides is 3. The second-order valence-electron chi connectivity index (χ2n) is 8.15. The van der Waals surface area contributed by atoms with Crippen molar-refractivity contribution >= 4 is 11.6 Å². The number of halogens is 4. The van der Waals surface area contributed by atoms with Crippen LogP contribution in [0.3, 0.4) is 0 Å². The summed E-state index contributed by atoms with van der Waals surface area (Å²) in [6.45, 7) is 2.28. The summed E-state index contributed by atoms with van der Waals surface area (Å²) in [7, 11) is 0. The monoisotopic (exact) mass is 460 g/mol. The number of ether oxygens (including phenoxy) is 1. The molecule has 0 saturated carbocycles. The lowest BCUT2D eigenvalue weighted by molar-refractivity contribution is -0.137. The first-order valence-electron chi connectivity index (χ1n) is 10.5. The molecule has 1 aliphatic rings. The molecule has 32 heavy (non-hydrogen) atoms. The van der Waals surface area contributed by atoms with Gasteiger partial charge in [0.15, 0.2) is 0 Å². The van der Waals surface area contributed by atoms with Gasteiger partial charge in [0.25, 0.3) is 0 Å². The van der Waals surface area contributed by atoms with Gasteiger partial charge in [0.05, 0.1) is 18.8 Å². The molecular weight excluding hydrogens is 437 g/mol. The number of nitrogens with zero attached hydrogens (tertiary/aromatic N) is 1. The molecule has 0 unspecified atom stereocenters. The van der Waals surface area contributed by atoms with Crippen LogP contribution in [0.1, 0.15) is 29.5 Å². The van der Waals surface area contributed by atoms with Gasteiger partial charge in [-0.25, -0.2) is 4.98 Å². The summed E-state index contributed by atoms with van der Waals surface area (Å²) in [6.07, 6.45) is -1.14. The number of piperidine rings is 1. The maximum absolute atomic E-state index is 13.6. The van der Waals surface area contributed by atoms with Crippen molar-refractivity contribution < 1.29 is 17.9 Å². The zero-order valence-corrected chi connectivity index (χ0v) is 18.2. The highest BCUT2D eigenvalue weighted by Gasteiger charge is 2.34. The quantitative estimate of drug-likeness (QED) is 0.441. The Balaban J connectivity index is 1.58. The van der Waals surface area contributed by atoms with Gasteiger partial charge >= 0.3 is 6.18 Å². The van der Waals surface area contributed by atoms with Crippen molar-refractivity contribution in [2.45, 2.75) is 31.0 Å². The summed E-state index contributed by atoms with van der Waals surface area (Å²) >= 11 is 6.14. The molecule has 1 saturated heterocycles. The Morgan fingerprint density at radius 3 is 2.44 bits per heavy atom. The molecule has 0 aliphatic carbocycles. The van der Waals surface area contributed by atoms with Gasteiger partial charge < -0.3 is 10.1 Å². The molecular formula is C25H24ClF3N2O. The van der Waals surface area contributed by atoms with E-state index >= 15 is 0 Å². The Hall–Kier alpha value is -2.41. The number of aromatic nitrogens is 1. The third-order valence-electron chi connectivity index (χ3n) is 5.98. The average Bonchev–Trinajstić information content (AvgIpc) is 2.80. The van der Waals surface area contributed by atoms with Crippen LogP contribution in [0.2, 0.25) is 5.15 Å². The summed E-state index contributed by atoms with van der Waals surface area (Å²) < 4.78 is 46.8. The summed E-state index contributed by atoms with van der Waals surface area (Å²) in [5, 5.41) is 3.54. The van der Waals surface area contributed by atoms with Gasteiger partial charge in [0.1, 0.15) is 5.15 Å². The number of rotatable bonds is 6. The first kappa shape index (κ1) is 22.8. The minimum atomic E-state index is -4.47. The lowest BCUT2D eigenvalue weighted by atomic mass is 9.74. The van der Waals surface area contributed by atoms with E-state index in [9.17, 15) is 13.2 Å². The minimum Gasteiger partial charge on any atom is -0.376 e. The Labute approximate surface area is 190 Å². The van der Waals surface area contributed by atoms with Crippen LogP contribution < -0.4 is 5.32 Å². The highest BCUT2D eigenvalue weighted by atomic mass is 35.5. The van der Waals surface area contributed by atoms with E-state index in [0.29, 0.717) is 23.3 Å². The van der Waals surface area contributed by atoms with Crippen LogP contribution in [0.4, 0.5) is 13.2 Å². The fourth-order valence-electron chi connectivity index (χ4n) is 4.27. The first-order valence-corrected chi connectivity index (χ1v) is 10.9. The molecule has 2 heterocycles. The SMILES string of the molecule is FC(F)(F)c1cc(COCC2(c3ccccc3)CCNCC2)cc(-c2cccnc2Cl)c1. The van der Waals surface area contributed by atoms with E-state index in [-0.39, 0.29) is 17.2 Å². The average molecular weight is 461 g/mol. The highest BCUT2D eigenvalue weighted by molar-refractivity contribution is 6.32.